The Labute approximate surface area is 268 Å². The average Bonchev–Trinajstić information content (AvgIpc) is 2.96. The van der Waals surface area contributed by atoms with Crippen LogP contribution >= 0.6 is 11.6 Å². The second-order valence-electron chi connectivity index (χ2n) is 14.4. The molecule has 1 unspecified atom stereocenters. The van der Waals surface area contributed by atoms with Gasteiger partial charge in [-0.05, 0) is 100 Å². The van der Waals surface area contributed by atoms with E-state index in [0.29, 0.717) is 30.5 Å². The van der Waals surface area contributed by atoms with E-state index >= 15 is 0 Å². The van der Waals surface area contributed by atoms with E-state index < -0.39 is 11.4 Å². The number of aliphatic carboxylic acids is 1. The van der Waals surface area contributed by atoms with Gasteiger partial charge in [-0.15, -0.1) is 0 Å². The average molecular weight is 628 g/mol. The summed E-state index contributed by atoms with van der Waals surface area (Å²) in [6.07, 6.45) is 6.14. The van der Waals surface area contributed by atoms with Gasteiger partial charge in [-0.1, -0.05) is 50.6 Å². The molecule has 1 amide bonds. The molecule has 2 aliphatic rings. The topological polar surface area (TPSA) is 85.3 Å². The normalized spacial score (nSPS) is 23.5. The van der Waals surface area contributed by atoms with Crippen molar-refractivity contribution in [2.75, 3.05) is 20.3 Å². The van der Waals surface area contributed by atoms with Crippen molar-refractivity contribution >= 4 is 23.5 Å². The number of carboxylic acids is 1. The zero-order chi connectivity index (χ0) is 32.1. The molecule has 1 aliphatic heterocycles. The van der Waals surface area contributed by atoms with Crippen LogP contribution in [0.2, 0.25) is 5.02 Å². The number of rotatable bonds is 11. The van der Waals surface area contributed by atoms with Gasteiger partial charge in [0.05, 0.1) is 23.8 Å². The van der Waals surface area contributed by atoms with Crippen molar-refractivity contribution in [1.29, 1.82) is 0 Å². The molecule has 1 atom stereocenters. The van der Waals surface area contributed by atoms with Crippen molar-refractivity contribution in [3.8, 4) is 11.5 Å². The number of ether oxygens (including phenoxy) is 3. The Morgan fingerprint density at radius 1 is 1.07 bits per heavy atom. The number of benzene rings is 2. The Balaban J connectivity index is 1.49. The molecular weight excluding hydrogens is 578 g/mol. The Morgan fingerprint density at radius 3 is 2.32 bits per heavy atom. The molecule has 0 bridgehead atoms. The van der Waals surface area contributed by atoms with E-state index in [9.17, 15) is 9.59 Å². The number of amides is 1. The van der Waals surface area contributed by atoms with Gasteiger partial charge < -0.3 is 24.2 Å². The van der Waals surface area contributed by atoms with Crippen molar-refractivity contribution < 1.29 is 28.9 Å². The number of halogens is 1. The number of hydrogen-bond acceptors (Lipinski definition) is 5. The zero-order valence-electron chi connectivity index (χ0n) is 27.3. The fourth-order valence-corrected chi connectivity index (χ4v) is 7.19. The Kier molecular flexibility index (Phi) is 10.9. The van der Waals surface area contributed by atoms with Crippen molar-refractivity contribution in [1.82, 2.24) is 4.90 Å². The summed E-state index contributed by atoms with van der Waals surface area (Å²) >= 11 is 6.73. The van der Waals surface area contributed by atoms with Gasteiger partial charge in [0.15, 0.2) is 0 Å². The minimum Gasteiger partial charge on any atom is -0.497 e. The van der Waals surface area contributed by atoms with Crippen molar-refractivity contribution in [3.05, 3.63) is 58.6 Å². The van der Waals surface area contributed by atoms with Crippen LogP contribution in [0.1, 0.15) is 97.1 Å². The molecule has 2 fully saturated rings. The minimum atomic E-state index is -0.737. The number of carboxylic acid groups (broad SMARTS) is 1. The van der Waals surface area contributed by atoms with E-state index in [1.165, 1.54) is 5.56 Å². The third kappa shape index (κ3) is 8.91. The zero-order valence-corrected chi connectivity index (χ0v) is 28.0. The molecule has 242 valence electrons. The number of methoxy groups -OCH3 is 1. The number of nitrogens with zero attached hydrogens (tertiary/aromatic N) is 1. The van der Waals surface area contributed by atoms with Crippen LogP contribution in [0.5, 0.6) is 11.5 Å². The van der Waals surface area contributed by atoms with Gasteiger partial charge in [-0.2, -0.15) is 0 Å². The van der Waals surface area contributed by atoms with Gasteiger partial charge in [0.2, 0.25) is 5.91 Å². The summed E-state index contributed by atoms with van der Waals surface area (Å²) in [6.45, 7) is 11.9. The van der Waals surface area contributed by atoms with Gasteiger partial charge in [-0.3, -0.25) is 9.59 Å². The van der Waals surface area contributed by atoms with E-state index in [0.717, 1.165) is 56.3 Å². The van der Waals surface area contributed by atoms with Crippen LogP contribution in [0.3, 0.4) is 0 Å². The second-order valence-corrected chi connectivity index (χ2v) is 14.8. The molecule has 7 nitrogen and oxygen atoms in total. The maximum atomic E-state index is 13.8. The van der Waals surface area contributed by atoms with Crippen molar-refractivity contribution in [2.24, 2.45) is 11.3 Å². The van der Waals surface area contributed by atoms with E-state index in [1.54, 1.807) is 7.11 Å². The predicted molar refractivity (Wildman–Crippen MR) is 174 cm³/mol. The largest absolute Gasteiger partial charge is 0.497 e. The van der Waals surface area contributed by atoms with Crippen LogP contribution in [0.25, 0.3) is 0 Å². The van der Waals surface area contributed by atoms with Crippen LogP contribution in [0.15, 0.2) is 42.5 Å². The molecule has 1 saturated heterocycles. The van der Waals surface area contributed by atoms with E-state index in [2.05, 4.69) is 26.0 Å². The summed E-state index contributed by atoms with van der Waals surface area (Å²) in [7, 11) is 1.68. The van der Waals surface area contributed by atoms with Crippen LogP contribution in [-0.2, 0) is 26.3 Å². The van der Waals surface area contributed by atoms with Crippen molar-refractivity contribution in [2.45, 2.75) is 110 Å². The highest BCUT2D eigenvalue weighted by Crippen LogP contribution is 2.45. The van der Waals surface area contributed by atoms with Crippen LogP contribution < -0.4 is 9.47 Å². The molecule has 1 heterocycles. The summed E-state index contributed by atoms with van der Waals surface area (Å²) in [4.78, 5) is 26.8. The Morgan fingerprint density at radius 2 is 1.75 bits per heavy atom. The number of carbonyl (C=O) groups excluding carboxylic acids is 1. The van der Waals surface area contributed by atoms with Crippen LogP contribution in [0, 0.1) is 11.3 Å². The molecule has 44 heavy (non-hydrogen) atoms. The molecule has 2 aromatic carbocycles. The third-order valence-corrected chi connectivity index (χ3v) is 9.54. The summed E-state index contributed by atoms with van der Waals surface area (Å²) in [5, 5.41) is 9.62. The highest BCUT2D eigenvalue weighted by molar-refractivity contribution is 6.32. The lowest BCUT2D eigenvalue weighted by molar-refractivity contribution is -0.141. The molecule has 4 rings (SSSR count). The molecule has 0 aromatic heterocycles. The summed E-state index contributed by atoms with van der Waals surface area (Å²) in [6, 6.07) is 14.2. The quantitative estimate of drug-likeness (QED) is 0.271. The monoisotopic (exact) mass is 627 g/mol. The first-order valence-corrected chi connectivity index (χ1v) is 16.3. The van der Waals surface area contributed by atoms with Gasteiger partial charge in [0.25, 0.3) is 0 Å². The van der Waals surface area contributed by atoms with Gasteiger partial charge in [-0.25, -0.2) is 0 Å². The molecule has 2 aromatic rings. The third-order valence-electron chi connectivity index (χ3n) is 9.25. The van der Waals surface area contributed by atoms with Crippen LogP contribution in [-0.4, -0.2) is 53.8 Å². The second kappa shape index (κ2) is 14.1. The minimum absolute atomic E-state index is 0.0280. The lowest BCUT2D eigenvalue weighted by Crippen LogP contribution is -2.47. The van der Waals surface area contributed by atoms with Gasteiger partial charge in [0, 0.05) is 36.9 Å². The fraction of sp³-hybridized carbons (Fsp3) is 0.611. The highest BCUT2D eigenvalue weighted by Gasteiger charge is 2.43. The SMILES string of the molecule is COc1ccc(C2(CCN(Cc3ccc(OC4CCC(CC(=O)O)CC4)c(Cl)c3)C(=O)C(C)(C)C)CCOC(C)(C)C2)cc1. The molecular formula is C36H50ClNO6. The van der Waals surface area contributed by atoms with Crippen molar-refractivity contribution in [3.63, 3.8) is 0 Å². The molecule has 0 spiro atoms. The Bertz CT molecular complexity index is 1280. The summed E-state index contributed by atoms with van der Waals surface area (Å²) in [5.41, 5.74) is 1.27. The van der Waals surface area contributed by atoms with Gasteiger partial charge in [0.1, 0.15) is 11.5 Å². The maximum Gasteiger partial charge on any atom is 0.303 e. The molecule has 1 saturated carbocycles. The standard InChI is InChI=1S/C36H50ClNO6/c1-34(2,3)33(41)38(19-17-36(18-20-43-35(4,5)24-36)27-10-14-28(42-6)15-11-27)23-26-9-16-31(30(37)21-26)44-29-12-7-25(8-13-29)22-32(39)40/h9-11,14-16,21,25,29H,7-8,12-13,17-20,22-24H2,1-6H3,(H,39,40). The molecule has 1 N–H and O–H groups in total. The Hall–Kier alpha value is -2.77. The van der Waals surface area contributed by atoms with E-state index in [1.807, 2.05) is 56.0 Å². The molecule has 8 heteroatoms. The van der Waals surface area contributed by atoms with E-state index in [4.69, 9.17) is 30.9 Å². The molecule has 1 aliphatic carbocycles. The lowest BCUT2D eigenvalue weighted by atomic mass is 9.67. The summed E-state index contributed by atoms with van der Waals surface area (Å²) in [5.74, 6) is 1.04. The summed E-state index contributed by atoms with van der Waals surface area (Å²) < 4.78 is 17.8. The first kappa shape index (κ1) is 34.1. The highest BCUT2D eigenvalue weighted by atomic mass is 35.5. The first-order valence-electron chi connectivity index (χ1n) is 15.9. The first-order chi connectivity index (χ1) is 20.7. The van der Waals surface area contributed by atoms with Gasteiger partial charge >= 0.3 is 5.97 Å². The van der Waals surface area contributed by atoms with E-state index in [-0.39, 0.29) is 35.4 Å². The number of hydrogen-bond donors (Lipinski definition) is 1. The smallest absolute Gasteiger partial charge is 0.303 e. The lowest BCUT2D eigenvalue weighted by Gasteiger charge is -2.46. The fourth-order valence-electron chi connectivity index (χ4n) is 6.94. The maximum absolute atomic E-state index is 13.8. The molecule has 0 radical (unpaired) electrons. The predicted octanol–water partition coefficient (Wildman–Crippen LogP) is 8.05. The number of carbonyl (C=O) groups is 2. The van der Waals surface area contributed by atoms with Crippen LogP contribution in [0.4, 0.5) is 0 Å².